The van der Waals surface area contributed by atoms with Gasteiger partial charge in [-0.1, -0.05) is 44.0 Å². The van der Waals surface area contributed by atoms with Crippen molar-refractivity contribution in [2.24, 2.45) is 5.92 Å². The highest BCUT2D eigenvalue weighted by molar-refractivity contribution is 7.91. The SMILES string of the molecule is CCS(=O)(=O)c1ccc(Cl)c(C(=O)NCC(C)C)c1Cl. The second-order valence-electron chi connectivity index (χ2n) is 4.74. The Hall–Kier alpha value is -0.780. The van der Waals surface area contributed by atoms with Gasteiger partial charge < -0.3 is 5.32 Å². The summed E-state index contributed by atoms with van der Waals surface area (Å²) in [5, 5.41) is 2.68. The normalized spacial score (nSPS) is 11.7. The van der Waals surface area contributed by atoms with E-state index in [1.165, 1.54) is 19.1 Å². The lowest BCUT2D eigenvalue weighted by Gasteiger charge is -2.13. The molecule has 0 fully saturated rings. The van der Waals surface area contributed by atoms with Gasteiger partial charge in [-0.15, -0.1) is 0 Å². The van der Waals surface area contributed by atoms with E-state index in [1.807, 2.05) is 13.8 Å². The number of hydrogen-bond acceptors (Lipinski definition) is 3. The molecule has 0 aliphatic heterocycles. The molecule has 1 amide bonds. The molecule has 0 atom stereocenters. The topological polar surface area (TPSA) is 63.2 Å². The van der Waals surface area contributed by atoms with Gasteiger partial charge >= 0.3 is 0 Å². The van der Waals surface area contributed by atoms with Gasteiger partial charge in [0.05, 0.1) is 26.3 Å². The first-order chi connectivity index (χ1) is 9.20. The van der Waals surface area contributed by atoms with E-state index in [1.54, 1.807) is 0 Å². The number of carbonyl (C=O) groups excluding carboxylic acids is 1. The van der Waals surface area contributed by atoms with Crippen LogP contribution < -0.4 is 5.32 Å². The van der Waals surface area contributed by atoms with E-state index >= 15 is 0 Å². The smallest absolute Gasteiger partial charge is 0.254 e. The molecular weight excluding hydrogens is 321 g/mol. The molecule has 0 saturated heterocycles. The Kier molecular flexibility index (Phi) is 5.86. The van der Waals surface area contributed by atoms with Crippen LogP contribution in [0.4, 0.5) is 0 Å². The molecule has 0 aliphatic carbocycles. The predicted octanol–water partition coefficient (Wildman–Crippen LogP) is 3.17. The molecule has 0 spiro atoms. The Morgan fingerprint density at radius 3 is 2.40 bits per heavy atom. The maximum Gasteiger partial charge on any atom is 0.254 e. The number of sulfone groups is 1. The van der Waals surface area contributed by atoms with Gasteiger partial charge in [0, 0.05) is 6.54 Å². The fraction of sp³-hybridized carbons (Fsp3) is 0.462. The average molecular weight is 338 g/mol. The molecule has 20 heavy (non-hydrogen) atoms. The Bertz CT molecular complexity index is 612. The molecule has 0 radical (unpaired) electrons. The first-order valence-corrected chi connectivity index (χ1v) is 8.60. The van der Waals surface area contributed by atoms with Gasteiger partial charge in [-0.3, -0.25) is 4.79 Å². The molecule has 1 aromatic carbocycles. The summed E-state index contributed by atoms with van der Waals surface area (Å²) in [6.07, 6.45) is 0. The van der Waals surface area contributed by atoms with Crippen molar-refractivity contribution in [3.63, 3.8) is 0 Å². The lowest BCUT2D eigenvalue weighted by molar-refractivity contribution is 0.0949. The summed E-state index contributed by atoms with van der Waals surface area (Å²) in [5.74, 6) is -0.303. The van der Waals surface area contributed by atoms with Crippen molar-refractivity contribution in [3.8, 4) is 0 Å². The minimum atomic E-state index is -3.50. The summed E-state index contributed by atoms with van der Waals surface area (Å²) in [6.45, 7) is 5.86. The zero-order chi connectivity index (χ0) is 15.5. The van der Waals surface area contributed by atoms with Crippen LogP contribution in [0, 0.1) is 5.92 Å². The van der Waals surface area contributed by atoms with Gasteiger partial charge in [-0.2, -0.15) is 0 Å². The predicted molar refractivity (Wildman–Crippen MR) is 81.4 cm³/mol. The zero-order valence-electron chi connectivity index (χ0n) is 11.5. The monoisotopic (exact) mass is 337 g/mol. The van der Waals surface area contributed by atoms with Crippen LogP contribution in [0.5, 0.6) is 0 Å². The fourth-order valence-corrected chi connectivity index (χ4v) is 3.38. The van der Waals surface area contributed by atoms with Gasteiger partial charge in [0.15, 0.2) is 9.84 Å². The highest BCUT2D eigenvalue weighted by Gasteiger charge is 2.23. The molecule has 0 saturated carbocycles. The molecule has 0 aromatic heterocycles. The molecule has 1 rings (SSSR count). The van der Waals surface area contributed by atoms with Gasteiger partial charge in [-0.25, -0.2) is 8.42 Å². The lowest BCUT2D eigenvalue weighted by atomic mass is 10.2. The van der Waals surface area contributed by atoms with E-state index in [4.69, 9.17) is 23.2 Å². The van der Waals surface area contributed by atoms with E-state index in [0.717, 1.165) is 0 Å². The molecule has 0 bridgehead atoms. The maximum absolute atomic E-state index is 12.1. The molecule has 0 aliphatic rings. The third-order valence-electron chi connectivity index (χ3n) is 2.67. The summed E-state index contributed by atoms with van der Waals surface area (Å²) in [5.41, 5.74) is 0.00325. The summed E-state index contributed by atoms with van der Waals surface area (Å²) >= 11 is 12.0. The summed E-state index contributed by atoms with van der Waals surface area (Å²) < 4.78 is 23.8. The maximum atomic E-state index is 12.1. The number of rotatable bonds is 5. The summed E-state index contributed by atoms with van der Waals surface area (Å²) in [7, 11) is -3.50. The lowest BCUT2D eigenvalue weighted by Crippen LogP contribution is -2.28. The van der Waals surface area contributed by atoms with Gasteiger partial charge in [0.2, 0.25) is 0 Å². The van der Waals surface area contributed by atoms with Gasteiger partial charge in [-0.05, 0) is 18.1 Å². The van der Waals surface area contributed by atoms with E-state index in [-0.39, 0.29) is 32.2 Å². The molecule has 112 valence electrons. The highest BCUT2D eigenvalue weighted by atomic mass is 35.5. The Morgan fingerprint density at radius 2 is 1.90 bits per heavy atom. The van der Waals surface area contributed by atoms with Crippen molar-refractivity contribution in [1.82, 2.24) is 5.32 Å². The highest BCUT2D eigenvalue weighted by Crippen LogP contribution is 2.31. The van der Waals surface area contributed by atoms with Crippen LogP contribution >= 0.6 is 23.2 Å². The van der Waals surface area contributed by atoms with Crippen LogP contribution in [0.3, 0.4) is 0 Å². The number of hydrogen-bond donors (Lipinski definition) is 1. The Morgan fingerprint density at radius 1 is 1.30 bits per heavy atom. The molecular formula is C13H17Cl2NO3S. The molecule has 4 nitrogen and oxygen atoms in total. The van der Waals surface area contributed by atoms with Crippen molar-refractivity contribution in [2.45, 2.75) is 25.7 Å². The van der Waals surface area contributed by atoms with Crippen LogP contribution in [0.2, 0.25) is 10.0 Å². The van der Waals surface area contributed by atoms with Crippen LogP contribution in [-0.4, -0.2) is 26.6 Å². The first-order valence-electron chi connectivity index (χ1n) is 6.19. The van der Waals surface area contributed by atoms with Gasteiger partial charge in [0.1, 0.15) is 0 Å². The molecule has 1 aromatic rings. The van der Waals surface area contributed by atoms with Crippen LogP contribution in [0.1, 0.15) is 31.1 Å². The van der Waals surface area contributed by atoms with Crippen molar-refractivity contribution in [1.29, 1.82) is 0 Å². The standard InChI is InChI=1S/C13H17Cl2NO3S/c1-4-20(18,19)10-6-5-9(14)11(12(10)15)13(17)16-7-8(2)3/h5-6,8H,4,7H2,1-3H3,(H,16,17). The quantitative estimate of drug-likeness (QED) is 0.897. The van der Waals surface area contributed by atoms with Crippen molar-refractivity contribution < 1.29 is 13.2 Å². The van der Waals surface area contributed by atoms with Crippen LogP contribution in [0.15, 0.2) is 17.0 Å². The largest absolute Gasteiger partial charge is 0.352 e. The van der Waals surface area contributed by atoms with Crippen molar-refractivity contribution in [3.05, 3.63) is 27.7 Å². The average Bonchev–Trinajstić information content (AvgIpc) is 2.36. The second-order valence-corrected chi connectivity index (χ2v) is 7.77. The Labute approximate surface area is 129 Å². The van der Waals surface area contributed by atoms with Crippen LogP contribution in [-0.2, 0) is 9.84 Å². The van der Waals surface area contributed by atoms with Gasteiger partial charge in [0.25, 0.3) is 5.91 Å². The number of benzene rings is 1. The fourth-order valence-electron chi connectivity index (χ4n) is 1.52. The number of halogens is 2. The summed E-state index contributed by atoms with van der Waals surface area (Å²) in [6, 6.07) is 2.70. The van der Waals surface area contributed by atoms with Crippen molar-refractivity contribution >= 4 is 38.9 Å². The minimum absolute atomic E-state index is 0.00325. The third-order valence-corrected chi connectivity index (χ3v) is 5.26. The van der Waals surface area contributed by atoms with Crippen LogP contribution in [0.25, 0.3) is 0 Å². The van der Waals surface area contributed by atoms with E-state index < -0.39 is 15.7 Å². The molecule has 0 unspecified atom stereocenters. The zero-order valence-corrected chi connectivity index (χ0v) is 13.9. The van der Waals surface area contributed by atoms with E-state index in [0.29, 0.717) is 6.54 Å². The van der Waals surface area contributed by atoms with Crippen molar-refractivity contribution in [2.75, 3.05) is 12.3 Å². The number of carbonyl (C=O) groups is 1. The Balaban J connectivity index is 3.27. The van der Waals surface area contributed by atoms with E-state index in [9.17, 15) is 13.2 Å². The van der Waals surface area contributed by atoms with E-state index in [2.05, 4.69) is 5.32 Å². The minimum Gasteiger partial charge on any atom is -0.352 e. The number of amides is 1. The molecule has 0 heterocycles. The third kappa shape index (κ3) is 3.87. The number of nitrogens with one attached hydrogen (secondary N) is 1. The molecule has 1 N–H and O–H groups in total. The summed E-state index contributed by atoms with van der Waals surface area (Å²) in [4.78, 5) is 12.0. The second kappa shape index (κ2) is 6.78. The molecule has 7 heteroatoms. The first kappa shape index (κ1) is 17.3.